The van der Waals surface area contributed by atoms with E-state index < -0.39 is 5.60 Å². The lowest BCUT2D eigenvalue weighted by Crippen LogP contribution is -2.25. The van der Waals surface area contributed by atoms with Crippen molar-refractivity contribution in [3.05, 3.63) is 30.0 Å². The van der Waals surface area contributed by atoms with E-state index in [0.717, 1.165) is 48.0 Å². The van der Waals surface area contributed by atoms with Gasteiger partial charge < -0.3 is 15.8 Å². The highest BCUT2D eigenvalue weighted by atomic mass is 16.3. The van der Waals surface area contributed by atoms with Crippen molar-refractivity contribution < 1.29 is 5.11 Å². The fourth-order valence-corrected chi connectivity index (χ4v) is 2.98. The molecule has 0 amide bonds. The molecule has 0 atom stereocenters. The van der Waals surface area contributed by atoms with E-state index in [1.807, 2.05) is 18.2 Å². The molecule has 1 aliphatic rings. The summed E-state index contributed by atoms with van der Waals surface area (Å²) in [7, 11) is 0. The predicted molar refractivity (Wildman–Crippen MR) is 74.3 cm³/mol. The van der Waals surface area contributed by atoms with Crippen molar-refractivity contribution in [2.24, 2.45) is 0 Å². The van der Waals surface area contributed by atoms with Crippen molar-refractivity contribution in [1.29, 1.82) is 0 Å². The lowest BCUT2D eigenvalue weighted by atomic mass is 9.91. The van der Waals surface area contributed by atoms with Gasteiger partial charge in [-0.3, -0.25) is 0 Å². The second-order valence-electron chi connectivity index (χ2n) is 5.48. The van der Waals surface area contributed by atoms with Crippen LogP contribution in [0.1, 0.15) is 44.2 Å². The van der Waals surface area contributed by atoms with Crippen molar-refractivity contribution in [3.63, 3.8) is 0 Å². The molecule has 1 aromatic carbocycles. The third-order valence-electron chi connectivity index (χ3n) is 4.08. The number of nitrogens with one attached hydrogen (secondary N) is 1. The quantitative estimate of drug-likeness (QED) is 0.532. The van der Waals surface area contributed by atoms with Gasteiger partial charge in [-0.25, -0.2) is 0 Å². The van der Waals surface area contributed by atoms with Crippen molar-refractivity contribution >= 4 is 16.6 Å². The summed E-state index contributed by atoms with van der Waals surface area (Å²) >= 11 is 0. The van der Waals surface area contributed by atoms with E-state index in [-0.39, 0.29) is 0 Å². The monoisotopic (exact) mass is 244 g/mol. The normalized spacial score (nSPS) is 19.8. The SMILES string of the molecule is Nc1ccc2cc(C3(O)CCCCCC3)[nH]c2c1. The Morgan fingerprint density at radius 2 is 1.78 bits per heavy atom. The Morgan fingerprint density at radius 1 is 1.06 bits per heavy atom. The average Bonchev–Trinajstić information content (AvgIpc) is 2.65. The standard InChI is InChI=1S/C15H20N2O/c16-12-6-5-11-9-14(17-13(11)10-12)15(18)7-3-1-2-4-8-15/h5-6,9-10,17-18H,1-4,7-8,16H2. The Balaban J connectivity index is 2.02. The van der Waals surface area contributed by atoms with Gasteiger partial charge in [0.1, 0.15) is 5.60 Å². The van der Waals surface area contributed by atoms with E-state index in [4.69, 9.17) is 5.73 Å². The largest absolute Gasteiger partial charge is 0.399 e. The van der Waals surface area contributed by atoms with Crippen molar-refractivity contribution in [2.45, 2.75) is 44.1 Å². The van der Waals surface area contributed by atoms with Crippen LogP contribution in [0.3, 0.4) is 0 Å². The number of anilines is 1. The van der Waals surface area contributed by atoms with Gasteiger partial charge in [0.2, 0.25) is 0 Å². The lowest BCUT2D eigenvalue weighted by molar-refractivity contribution is 0.0171. The molecule has 1 saturated carbocycles. The van der Waals surface area contributed by atoms with Crippen LogP contribution < -0.4 is 5.73 Å². The van der Waals surface area contributed by atoms with Gasteiger partial charge in [0, 0.05) is 16.9 Å². The first-order valence-corrected chi connectivity index (χ1v) is 6.78. The molecular formula is C15H20N2O. The predicted octanol–water partition coefficient (Wildman–Crippen LogP) is 3.29. The summed E-state index contributed by atoms with van der Waals surface area (Å²) in [5.74, 6) is 0. The number of H-pyrrole nitrogens is 1. The van der Waals surface area contributed by atoms with Crippen molar-refractivity contribution in [2.75, 3.05) is 5.73 Å². The summed E-state index contributed by atoms with van der Waals surface area (Å²) in [6.07, 6.45) is 6.39. The third kappa shape index (κ3) is 1.99. The summed E-state index contributed by atoms with van der Waals surface area (Å²) in [5, 5.41) is 12.0. The Hall–Kier alpha value is -1.48. The van der Waals surface area contributed by atoms with Crippen molar-refractivity contribution in [1.82, 2.24) is 4.98 Å². The minimum atomic E-state index is -0.676. The Kier molecular flexibility index (Phi) is 2.78. The van der Waals surface area contributed by atoms with Gasteiger partial charge >= 0.3 is 0 Å². The zero-order valence-corrected chi connectivity index (χ0v) is 10.6. The van der Waals surface area contributed by atoms with Gasteiger partial charge in [-0.05, 0) is 36.4 Å². The number of nitrogens with two attached hydrogens (primary N) is 1. The van der Waals surface area contributed by atoms with Crippen LogP contribution in [0.2, 0.25) is 0 Å². The zero-order chi connectivity index (χ0) is 12.6. The molecule has 0 aliphatic heterocycles. The van der Waals surface area contributed by atoms with Crippen molar-refractivity contribution in [3.8, 4) is 0 Å². The van der Waals surface area contributed by atoms with Crippen LogP contribution >= 0.6 is 0 Å². The molecule has 3 heteroatoms. The van der Waals surface area contributed by atoms with Crippen LogP contribution in [0, 0.1) is 0 Å². The lowest BCUT2D eigenvalue weighted by Gasteiger charge is -2.25. The molecule has 18 heavy (non-hydrogen) atoms. The third-order valence-corrected chi connectivity index (χ3v) is 4.08. The van der Waals surface area contributed by atoms with Crippen LogP contribution in [-0.2, 0) is 5.60 Å². The van der Waals surface area contributed by atoms with Crippen LogP contribution in [0.5, 0.6) is 0 Å². The number of nitrogen functional groups attached to an aromatic ring is 1. The van der Waals surface area contributed by atoms with E-state index in [9.17, 15) is 5.11 Å². The molecule has 2 aromatic rings. The zero-order valence-electron chi connectivity index (χ0n) is 10.6. The minimum absolute atomic E-state index is 0.676. The van der Waals surface area contributed by atoms with E-state index in [0.29, 0.717) is 0 Å². The molecule has 4 N–H and O–H groups in total. The smallest absolute Gasteiger partial charge is 0.104 e. The van der Waals surface area contributed by atoms with Gasteiger partial charge in [-0.1, -0.05) is 31.7 Å². The number of hydrogen-bond donors (Lipinski definition) is 3. The molecule has 0 bridgehead atoms. The van der Waals surface area contributed by atoms with Gasteiger partial charge in [0.25, 0.3) is 0 Å². The molecule has 0 spiro atoms. The highest BCUT2D eigenvalue weighted by Crippen LogP contribution is 2.36. The van der Waals surface area contributed by atoms with Crippen LogP contribution in [-0.4, -0.2) is 10.1 Å². The van der Waals surface area contributed by atoms with Crippen LogP contribution in [0.4, 0.5) is 5.69 Å². The highest BCUT2D eigenvalue weighted by Gasteiger charge is 2.31. The summed E-state index contributed by atoms with van der Waals surface area (Å²) in [5.41, 5.74) is 7.83. The molecule has 0 saturated heterocycles. The highest BCUT2D eigenvalue weighted by molar-refractivity contribution is 5.83. The first-order valence-electron chi connectivity index (χ1n) is 6.78. The maximum Gasteiger partial charge on any atom is 0.104 e. The maximum absolute atomic E-state index is 10.8. The second kappa shape index (κ2) is 4.32. The van der Waals surface area contributed by atoms with E-state index >= 15 is 0 Å². The fraction of sp³-hybridized carbons (Fsp3) is 0.467. The second-order valence-corrected chi connectivity index (χ2v) is 5.48. The number of hydrogen-bond acceptors (Lipinski definition) is 2. The number of fused-ring (bicyclic) bond motifs is 1. The number of benzene rings is 1. The molecule has 1 aliphatic carbocycles. The number of aliphatic hydroxyl groups is 1. The maximum atomic E-state index is 10.8. The minimum Gasteiger partial charge on any atom is -0.399 e. The van der Waals surface area contributed by atoms with E-state index in [1.165, 1.54) is 12.8 Å². The van der Waals surface area contributed by atoms with Gasteiger partial charge in [-0.2, -0.15) is 0 Å². The van der Waals surface area contributed by atoms with Crippen LogP contribution in [0.25, 0.3) is 10.9 Å². The first kappa shape index (κ1) is 11.6. The van der Waals surface area contributed by atoms with E-state index in [1.54, 1.807) is 0 Å². The molecule has 1 heterocycles. The Bertz CT molecular complexity index is 551. The average molecular weight is 244 g/mol. The van der Waals surface area contributed by atoms with Gasteiger partial charge in [0.05, 0.1) is 0 Å². The molecule has 1 aromatic heterocycles. The number of rotatable bonds is 1. The number of aromatic amines is 1. The summed E-state index contributed by atoms with van der Waals surface area (Å²) < 4.78 is 0. The molecule has 1 fully saturated rings. The Morgan fingerprint density at radius 3 is 2.50 bits per heavy atom. The summed E-state index contributed by atoms with van der Waals surface area (Å²) in [6, 6.07) is 7.90. The van der Waals surface area contributed by atoms with Crippen LogP contribution in [0.15, 0.2) is 24.3 Å². The molecule has 0 radical (unpaired) electrons. The topological polar surface area (TPSA) is 62.0 Å². The summed E-state index contributed by atoms with van der Waals surface area (Å²) in [4.78, 5) is 3.34. The first-order chi connectivity index (χ1) is 8.67. The molecule has 3 nitrogen and oxygen atoms in total. The Labute approximate surface area is 107 Å². The molecular weight excluding hydrogens is 224 g/mol. The number of aromatic nitrogens is 1. The molecule has 3 rings (SSSR count). The molecule has 96 valence electrons. The molecule has 0 unspecified atom stereocenters. The van der Waals surface area contributed by atoms with Gasteiger partial charge in [0.15, 0.2) is 0 Å². The summed E-state index contributed by atoms with van der Waals surface area (Å²) in [6.45, 7) is 0. The fourth-order valence-electron chi connectivity index (χ4n) is 2.98. The van der Waals surface area contributed by atoms with Gasteiger partial charge in [-0.15, -0.1) is 0 Å². The van der Waals surface area contributed by atoms with E-state index in [2.05, 4.69) is 11.1 Å².